The van der Waals surface area contributed by atoms with E-state index in [0.29, 0.717) is 0 Å². The highest BCUT2D eigenvalue weighted by atomic mass is 15.2. The Morgan fingerprint density at radius 2 is 1.84 bits per heavy atom. The SMILES string of the molecule is CC(C)C1CCCC(N2CC(CN)CCC2C)CC1. The van der Waals surface area contributed by atoms with Crippen LogP contribution in [0.3, 0.4) is 0 Å². The van der Waals surface area contributed by atoms with Crippen molar-refractivity contribution in [3.05, 3.63) is 0 Å². The Kier molecular flexibility index (Phi) is 5.70. The zero-order valence-electron chi connectivity index (χ0n) is 13.3. The molecule has 2 fully saturated rings. The number of nitrogens with zero attached hydrogens (tertiary/aromatic N) is 1. The first-order valence-electron chi connectivity index (χ1n) is 8.57. The number of rotatable bonds is 3. The van der Waals surface area contributed by atoms with E-state index in [1.807, 2.05) is 0 Å². The first kappa shape index (κ1) is 15.3. The third-order valence-electron chi connectivity index (χ3n) is 5.76. The minimum atomic E-state index is 0.750. The summed E-state index contributed by atoms with van der Waals surface area (Å²) in [7, 11) is 0. The molecule has 4 atom stereocenters. The van der Waals surface area contributed by atoms with Crippen molar-refractivity contribution in [3.63, 3.8) is 0 Å². The van der Waals surface area contributed by atoms with Gasteiger partial charge in [0.25, 0.3) is 0 Å². The Bertz CT molecular complexity index is 264. The summed E-state index contributed by atoms with van der Waals surface area (Å²) < 4.78 is 0. The maximum Gasteiger partial charge on any atom is 0.00983 e. The highest BCUT2D eigenvalue weighted by Crippen LogP contribution is 2.33. The first-order chi connectivity index (χ1) is 9.11. The molecule has 4 unspecified atom stereocenters. The fourth-order valence-electron chi connectivity index (χ4n) is 4.22. The topological polar surface area (TPSA) is 29.3 Å². The quantitative estimate of drug-likeness (QED) is 0.790. The molecule has 2 N–H and O–H groups in total. The summed E-state index contributed by atoms with van der Waals surface area (Å²) in [4.78, 5) is 2.81. The van der Waals surface area contributed by atoms with Gasteiger partial charge in [0.05, 0.1) is 0 Å². The van der Waals surface area contributed by atoms with Crippen molar-refractivity contribution < 1.29 is 0 Å². The molecule has 112 valence electrons. The van der Waals surface area contributed by atoms with Gasteiger partial charge in [-0.2, -0.15) is 0 Å². The third kappa shape index (κ3) is 3.95. The van der Waals surface area contributed by atoms with Crippen molar-refractivity contribution in [3.8, 4) is 0 Å². The first-order valence-corrected chi connectivity index (χ1v) is 8.57. The molecule has 2 heteroatoms. The predicted molar refractivity (Wildman–Crippen MR) is 83.1 cm³/mol. The second-order valence-electron chi connectivity index (χ2n) is 7.39. The highest BCUT2D eigenvalue weighted by Gasteiger charge is 2.31. The van der Waals surface area contributed by atoms with E-state index in [9.17, 15) is 0 Å². The fourth-order valence-corrected chi connectivity index (χ4v) is 4.22. The van der Waals surface area contributed by atoms with Crippen LogP contribution in [0.1, 0.15) is 65.7 Å². The standard InChI is InChI=1S/C17H34N2/c1-13(2)16-5-4-6-17(10-9-16)19-12-15(11-18)8-7-14(19)3/h13-17H,4-12,18H2,1-3H3. The molecule has 0 aromatic carbocycles. The number of likely N-dealkylation sites (tertiary alicyclic amines) is 1. The number of hydrogen-bond acceptors (Lipinski definition) is 2. The molecule has 2 rings (SSSR count). The van der Waals surface area contributed by atoms with Crippen molar-refractivity contribution in [2.24, 2.45) is 23.5 Å². The lowest BCUT2D eigenvalue weighted by molar-refractivity contribution is 0.0654. The van der Waals surface area contributed by atoms with Gasteiger partial charge >= 0.3 is 0 Å². The fraction of sp³-hybridized carbons (Fsp3) is 1.00. The van der Waals surface area contributed by atoms with Crippen molar-refractivity contribution in [1.29, 1.82) is 0 Å². The summed E-state index contributed by atoms with van der Waals surface area (Å²) in [5.41, 5.74) is 5.91. The molecule has 0 aromatic heterocycles. The van der Waals surface area contributed by atoms with Crippen LogP contribution in [-0.2, 0) is 0 Å². The molecular formula is C17H34N2. The number of hydrogen-bond donors (Lipinski definition) is 1. The molecular weight excluding hydrogens is 232 g/mol. The molecule has 0 amide bonds. The van der Waals surface area contributed by atoms with E-state index in [4.69, 9.17) is 5.73 Å². The lowest BCUT2D eigenvalue weighted by Gasteiger charge is -2.42. The van der Waals surface area contributed by atoms with Gasteiger partial charge in [0.15, 0.2) is 0 Å². The van der Waals surface area contributed by atoms with Crippen LogP contribution in [0.25, 0.3) is 0 Å². The summed E-state index contributed by atoms with van der Waals surface area (Å²) in [6.45, 7) is 9.37. The van der Waals surface area contributed by atoms with Gasteiger partial charge in [-0.1, -0.05) is 26.7 Å². The summed E-state index contributed by atoms with van der Waals surface area (Å²) in [5, 5.41) is 0. The van der Waals surface area contributed by atoms with Crippen molar-refractivity contribution in [1.82, 2.24) is 4.90 Å². The Morgan fingerprint density at radius 3 is 2.53 bits per heavy atom. The van der Waals surface area contributed by atoms with Gasteiger partial charge in [-0.25, -0.2) is 0 Å². The lowest BCUT2D eigenvalue weighted by atomic mass is 9.88. The molecule has 2 aliphatic rings. The summed E-state index contributed by atoms with van der Waals surface area (Å²) >= 11 is 0. The molecule has 1 saturated carbocycles. The van der Waals surface area contributed by atoms with E-state index in [2.05, 4.69) is 25.7 Å². The van der Waals surface area contributed by atoms with Crippen LogP contribution in [-0.4, -0.2) is 30.1 Å². The van der Waals surface area contributed by atoms with E-state index < -0.39 is 0 Å². The predicted octanol–water partition coefficient (Wildman–Crippen LogP) is 3.65. The summed E-state index contributed by atoms with van der Waals surface area (Å²) in [5.74, 6) is 2.59. The van der Waals surface area contributed by atoms with Crippen LogP contribution in [0.4, 0.5) is 0 Å². The Balaban J connectivity index is 1.92. The zero-order valence-corrected chi connectivity index (χ0v) is 13.3. The Morgan fingerprint density at radius 1 is 1.05 bits per heavy atom. The molecule has 1 heterocycles. The molecule has 1 saturated heterocycles. The van der Waals surface area contributed by atoms with Gasteiger partial charge in [0.1, 0.15) is 0 Å². The van der Waals surface area contributed by atoms with Crippen molar-refractivity contribution in [2.75, 3.05) is 13.1 Å². The smallest absolute Gasteiger partial charge is 0.00983 e. The second-order valence-corrected chi connectivity index (χ2v) is 7.39. The van der Waals surface area contributed by atoms with Crippen LogP contribution in [0.15, 0.2) is 0 Å². The summed E-state index contributed by atoms with van der Waals surface area (Å²) in [6, 6.07) is 1.62. The molecule has 0 radical (unpaired) electrons. The average Bonchev–Trinajstić information content (AvgIpc) is 2.65. The Hall–Kier alpha value is -0.0800. The van der Waals surface area contributed by atoms with Crippen LogP contribution in [0.5, 0.6) is 0 Å². The largest absolute Gasteiger partial charge is 0.330 e. The van der Waals surface area contributed by atoms with Crippen LogP contribution in [0, 0.1) is 17.8 Å². The molecule has 19 heavy (non-hydrogen) atoms. The molecule has 2 nitrogen and oxygen atoms in total. The van der Waals surface area contributed by atoms with E-state index in [1.54, 1.807) is 0 Å². The van der Waals surface area contributed by atoms with Crippen molar-refractivity contribution >= 4 is 0 Å². The van der Waals surface area contributed by atoms with Crippen LogP contribution < -0.4 is 5.73 Å². The van der Waals surface area contributed by atoms with Gasteiger partial charge in [-0.15, -0.1) is 0 Å². The van der Waals surface area contributed by atoms with E-state index in [1.165, 1.54) is 51.5 Å². The molecule has 1 aliphatic carbocycles. The van der Waals surface area contributed by atoms with Gasteiger partial charge in [0, 0.05) is 18.6 Å². The van der Waals surface area contributed by atoms with E-state index in [-0.39, 0.29) is 0 Å². The summed E-state index contributed by atoms with van der Waals surface area (Å²) in [6.07, 6.45) is 9.87. The highest BCUT2D eigenvalue weighted by molar-refractivity contribution is 4.86. The zero-order chi connectivity index (χ0) is 13.8. The molecule has 0 aromatic rings. The Labute approximate surface area is 120 Å². The van der Waals surface area contributed by atoms with Gasteiger partial charge in [0.2, 0.25) is 0 Å². The van der Waals surface area contributed by atoms with Gasteiger partial charge in [-0.3, -0.25) is 4.90 Å². The van der Waals surface area contributed by atoms with Gasteiger partial charge < -0.3 is 5.73 Å². The molecule has 0 bridgehead atoms. The lowest BCUT2D eigenvalue weighted by Crippen LogP contribution is -2.49. The van der Waals surface area contributed by atoms with Crippen molar-refractivity contribution in [2.45, 2.75) is 77.8 Å². The van der Waals surface area contributed by atoms with E-state index >= 15 is 0 Å². The third-order valence-corrected chi connectivity index (χ3v) is 5.76. The minimum absolute atomic E-state index is 0.750. The van der Waals surface area contributed by atoms with Crippen LogP contribution in [0.2, 0.25) is 0 Å². The van der Waals surface area contributed by atoms with Crippen LogP contribution >= 0.6 is 0 Å². The van der Waals surface area contributed by atoms with E-state index in [0.717, 1.165) is 36.4 Å². The number of piperidine rings is 1. The maximum atomic E-state index is 5.91. The van der Waals surface area contributed by atoms with Gasteiger partial charge in [-0.05, 0) is 63.3 Å². The minimum Gasteiger partial charge on any atom is -0.330 e. The molecule has 1 aliphatic heterocycles. The number of nitrogens with two attached hydrogens (primary N) is 1. The maximum absolute atomic E-state index is 5.91. The second kappa shape index (κ2) is 7.08. The average molecular weight is 266 g/mol. The monoisotopic (exact) mass is 266 g/mol. The molecule has 0 spiro atoms. The normalized spacial score (nSPS) is 38.4.